The van der Waals surface area contributed by atoms with Gasteiger partial charge in [0.2, 0.25) is 5.28 Å². The molecule has 0 N–H and O–H groups in total. The van der Waals surface area contributed by atoms with Crippen LogP contribution in [0.2, 0.25) is 5.28 Å². The van der Waals surface area contributed by atoms with E-state index in [0.717, 1.165) is 37.6 Å². The minimum atomic E-state index is 0.422. The Bertz CT molecular complexity index is 484. The Kier molecular flexibility index (Phi) is 4.73. The van der Waals surface area contributed by atoms with Gasteiger partial charge in [-0.1, -0.05) is 30.3 Å². The topological polar surface area (TPSA) is 39.9 Å². The number of aromatic nitrogens is 3. The molecule has 0 atom stereocenters. The molecule has 2 aromatic rings. The summed E-state index contributed by atoms with van der Waals surface area (Å²) in [7, 11) is 0. The molecule has 0 aliphatic heterocycles. The van der Waals surface area contributed by atoms with E-state index in [1.54, 1.807) is 0 Å². The van der Waals surface area contributed by atoms with Gasteiger partial charge in [0.1, 0.15) is 0 Å². The molecular formula is C13H16ClN3O. The molecule has 0 bridgehead atoms. The lowest BCUT2D eigenvalue weighted by atomic mass is 10.2. The summed E-state index contributed by atoms with van der Waals surface area (Å²) in [5.41, 5.74) is 1.02. The van der Waals surface area contributed by atoms with Crippen LogP contribution in [0.5, 0.6) is 0 Å². The molecule has 0 saturated carbocycles. The minimum Gasteiger partial charge on any atom is -0.382 e. The van der Waals surface area contributed by atoms with Crippen LogP contribution in [0, 0.1) is 0 Å². The highest BCUT2D eigenvalue weighted by molar-refractivity contribution is 6.28. The molecule has 5 heteroatoms. The van der Waals surface area contributed by atoms with Gasteiger partial charge in [-0.2, -0.15) is 0 Å². The summed E-state index contributed by atoms with van der Waals surface area (Å²) < 4.78 is 7.23. The highest BCUT2D eigenvalue weighted by atomic mass is 35.5. The number of rotatable bonds is 6. The molecule has 1 heterocycles. The van der Waals surface area contributed by atoms with Crippen LogP contribution in [0.25, 0.3) is 11.4 Å². The fourth-order valence-electron chi connectivity index (χ4n) is 1.75. The molecule has 96 valence electrons. The van der Waals surface area contributed by atoms with E-state index in [9.17, 15) is 0 Å². The van der Waals surface area contributed by atoms with Crippen LogP contribution in [-0.4, -0.2) is 28.0 Å². The Morgan fingerprint density at radius 1 is 1.22 bits per heavy atom. The van der Waals surface area contributed by atoms with Crippen LogP contribution in [0.15, 0.2) is 30.3 Å². The number of nitrogens with zero attached hydrogens (tertiary/aromatic N) is 3. The van der Waals surface area contributed by atoms with Gasteiger partial charge in [-0.3, -0.25) is 4.57 Å². The van der Waals surface area contributed by atoms with Gasteiger partial charge in [-0.15, -0.1) is 10.2 Å². The average Bonchev–Trinajstić information content (AvgIpc) is 2.77. The summed E-state index contributed by atoms with van der Waals surface area (Å²) in [6.07, 6.45) is 0.894. The summed E-state index contributed by atoms with van der Waals surface area (Å²) in [4.78, 5) is 0. The van der Waals surface area contributed by atoms with Crippen LogP contribution in [0.1, 0.15) is 13.3 Å². The van der Waals surface area contributed by atoms with Crippen molar-refractivity contribution in [3.63, 3.8) is 0 Å². The van der Waals surface area contributed by atoms with E-state index in [1.165, 1.54) is 0 Å². The highest BCUT2D eigenvalue weighted by Crippen LogP contribution is 2.20. The van der Waals surface area contributed by atoms with Crippen molar-refractivity contribution in [2.45, 2.75) is 19.9 Å². The number of hydrogen-bond donors (Lipinski definition) is 0. The Balaban J connectivity index is 2.12. The summed E-state index contributed by atoms with van der Waals surface area (Å²) in [5.74, 6) is 0.803. The van der Waals surface area contributed by atoms with Crippen molar-refractivity contribution >= 4 is 11.6 Å². The second-order valence-electron chi connectivity index (χ2n) is 3.86. The summed E-state index contributed by atoms with van der Waals surface area (Å²) in [6.45, 7) is 4.21. The van der Waals surface area contributed by atoms with Crippen molar-refractivity contribution in [1.82, 2.24) is 14.8 Å². The largest absolute Gasteiger partial charge is 0.382 e. The molecule has 1 aromatic carbocycles. The number of hydrogen-bond acceptors (Lipinski definition) is 3. The number of benzene rings is 1. The van der Waals surface area contributed by atoms with Crippen LogP contribution in [0.3, 0.4) is 0 Å². The standard InChI is InChI=1S/C13H16ClN3O/c1-2-18-10-6-9-17-12(15-16-13(17)14)11-7-4-3-5-8-11/h3-5,7-8H,2,6,9-10H2,1H3. The zero-order chi connectivity index (χ0) is 12.8. The predicted molar refractivity (Wildman–Crippen MR) is 71.6 cm³/mol. The van der Waals surface area contributed by atoms with Gasteiger partial charge in [-0.25, -0.2) is 0 Å². The second-order valence-corrected chi connectivity index (χ2v) is 4.20. The molecular weight excluding hydrogens is 250 g/mol. The Morgan fingerprint density at radius 2 is 2.00 bits per heavy atom. The van der Waals surface area contributed by atoms with Crippen molar-refractivity contribution in [2.24, 2.45) is 0 Å². The van der Waals surface area contributed by atoms with Crippen molar-refractivity contribution in [3.8, 4) is 11.4 Å². The summed E-state index contributed by atoms with van der Waals surface area (Å²) >= 11 is 6.06. The van der Waals surface area contributed by atoms with E-state index in [2.05, 4.69) is 10.2 Å². The summed E-state index contributed by atoms with van der Waals surface area (Å²) in [6, 6.07) is 9.92. The molecule has 0 aliphatic carbocycles. The molecule has 0 fully saturated rings. The first kappa shape index (κ1) is 13.1. The van der Waals surface area contributed by atoms with Gasteiger partial charge in [-0.05, 0) is 24.9 Å². The molecule has 4 nitrogen and oxygen atoms in total. The lowest BCUT2D eigenvalue weighted by Crippen LogP contribution is -2.04. The molecule has 0 aliphatic rings. The van der Waals surface area contributed by atoms with Gasteiger partial charge >= 0.3 is 0 Å². The maximum absolute atomic E-state index is 6.06. The Labute approximate surface area is 112 Å². The number of ether oxygens (including phenoxy) is 1. The van der Waals surface area contributed by atoms with E-state index < -0.39 is 0 Å². The van der Waals surface area contributed by atoms with Crippen LogP contribution >= 0.6 is 11.6 Å². The van der Waals surface area contributed by atoms with E-state index in [0.29, 0.717) is 5.28 Å². The zero-order valence-corrected chi connectivity index (χ0v) is 11.1. The summed E-state index contributed by atoms with van der Waals surface area (Å²) in [5, 5.41) is 8.48. The SMILES string of the molecule is CCOCCCn1c(Cl)nnc1-c1ccccc1. The normalized spacial score (nSPS) is 10.8. The molecule has 0 radical (unpaired) electrons. The fourth-order valence-corrected chi connectivity index (χ4v) is 1.95. The zero-order valence-electron chi connectivity index (χ0n) is 10.3. The molecule has 0 spiro atoms. The third-order valence-corrected chi connectivity index (χ3v) is 2.89. The van der Waals surface area contributed by atoms with Crippen LogP contribution < -0.4 is 0 Å². The van der Waals surface area contributed by atoms with Gasteiger partial charge in [0.25, 0.3) is 0 Å². The first-order valence-electron chi connectivity index (χ1n) is 6.04. The number of halogens is 1. The lowest BCUT2D eigenvalue weighted by Gasteiger charge is -2.07. The molecule has 2 rings (SSSR count). The van der Waals surface area contributed by atoms with E-state index in [-0.39, 0.29) is 0 Å². The maximum atomic E-state index is 6.06. The predicted octanol–water partition coefficient (Wildman–Crippen LogP) is 3.03. The third kappa shape index (κ3) is 3.09. The van der Waals surface area contributed by atoms with E-state index >= 15 is 0 Å². The lowest BCUT2D eigenvalue weighted by molar-refractivity contribution is 0.142. The van der Waals surface area contributed by atoms with Crippen LogP contribution in [0.4, 0.5) is 0 Å². The van der Waals surface area contributed by atoms with Crippen molar-refractivity contribution in [1.29, 1.82) is 0 Å². The fraction of sp³-hybridized carbons (Fsp3) is 0.385. The minimum absolute atomic E-state index is 0.422. The molecule has 0 saturated heterocycles. The van der Waals surface area contributed by atoms with Gasteiger partial charge < -0.3 is 4.74 Å². The van der Waals surface area contributed by atoms with Crippen molar-refractivity contribution in [3.05, 3.63) is 35.6 Å². The first-order valence-corrected chi connectivity index (χ1v) is 6.42. The van der Waals surface area contributed by atoms with Crippen molar-refractivity contribution < 1.29 is 4.74 Å². The maximum Gasteiger partial charge on any atom is 0.225 e. The van der Waals surface area contributed by atoms with E-state index in [1.807, 2.05) is 41.8 Å². The van der Waals surface area contributed by atoms with Crippen LogP contribution in [-0.2, 0) is 11.3 Å². The monoisotopic (exact) mass is 265 g/mol. The molecule has 0 amide bonds. The molecule has 1 aromatic heterocycles. The molecule has 0 unspecified atom stereocenters. The van der Waals surface area contributed by atoms with Gasteiger partial charge in [0.15, 0.2) is 5.82 Å². The van der Waals surface area contributed by atoms with Gasteiger partial charge in [0.05, 0.1) is 0 Å². The highest BCUT2D eigenvalue weighted by Gasteiger charge is 2.11. The third-order valence-electron chi connectivity index (χ3n) is 2.61. The second kappa shape index (κ2) is 6.52. The van der Waals surface area contributed by atoms with Gasteiger partial charge in [0, 0.05) is 25.3 Å². The molecule has 18 heavy (non-hydrogen) atoms. The Hall–Kier alpha value is -1.39. The first-order chi connectivity index (χ1) is 8.83. The quantitative estimate of drug-likeness (QED) is 0.754. The average molecular weight is 266 g/mol. The Morgan fingerprint density at radius 3 is 2.72 bits per heavy atom. The van der Waals surface area contributed by atoms with E-state index in [4.69, 9.17) is 16.3 Å². The van der Waals surface area contributed by atoms with Crippen molar-refractivity contribution in [2.75, 3.05) is 13.2 Å². The smallest absolute Gasteiger partial charge is 0.225 e.